The molecule has 1 aromatic heterocycles. The molecule has 25 heavy (non-hydrogen) atoms. The first-order valence-electron chi connectivity index (χ1n) is 7.70. The lowest BCUT2D eigenvalue weighted by Gasteiger charge is -2.06. The summed E-state index contributed by atoms with van der Waals surface area (Å²) in [5, 5.41) is 12.4. The first kappa shape index (κ1) is 18.7. The Balaban J connectivity index is 2.10. The number of carbonyl (C=O) groups excluding carboxylic acids is 1. The number of likely N-dealkylation sites (N-methyl/N-ethyl adjacent to an activating group) is 1. The first-order valence-corrected chi connectivity index (χ1v) is 8.58. The molecule has 0 spiro atoms. The second-order valence-electron chi connectivity index (χ2n) is 5.29. The first-order chi connectivity index (χ1) is 12.1. The van der Waals surface area contributed by atoms with Gasteiger partial charge in [0.25, 0.3) is 5.91 Å². The van der Waals surface area contributed by atoms with Crippen molar-refractivity contribution in [2.24, 2.45) is 10.3 Å². The van der Waals surface area contributed by atoms with Crippen LogP contribution in [0.15, 0.2) is 46.0 Å². The fraction of sp³-hybridized carbons (Fsp3) is 0.278. The number of nitrogens with zero attached hydrogens (tertiary/aromatic N) is 2. The maximum Gasteiger partial charge on any atom is 0.274 e. The number of hydrogen-bond donors (Lipinski definition) is 1. The molecule has 0 aliphatic heterocycles. The molecule has 0 atom stereocenters. The molecule has 7 heteroatoms. The van der Waals surface area contributed by atoms with Crippen LogP contribution in [0, 0.1) is 6.92 Å². The van der Waals surface area contributed by atoms with E-state index in [1.165, 1.54) is 24.0 Å². The number of oxime groups is 2. The summed E-state index contributed by atoms with van der Waals surface area (Å²) in [7, 11) is 2.95. The van der Waals surface area contributed by atoms with Gasteiger partial charge >= 0.3 is 0 Å². The quantitative estimate of drug-likeness (QED) is 0.610. The zero-order valence-corrected chi connectivity index (χ0v) is 15.5. The zero-order valence-electron chi connectivity index (χ0n) is 14.7. The van der Waals surface area contributed by atoms with Gasteiger partial charge in [-0.3, -0.25) is 4.79 Å². The van der Waals surface area contributed by atoms with E-state index in [-0.39, 0.29) is 18.2 Å². The summed E-state index contributed by atoms with van der Waals surface area (Å²) < 4.78 is 0. The number of rotatable bonds is 7. The van der Waals surface area contributed by atoms with Crippen LogP contribution in [0.5, 0.6) is 0 Å². The summed E-state index contributed by atoms with van der Waals surface area (Å²) in [5.74, 6) is -0.315. The molecule has 1 aromatic carbocycles. The van der Waals surface area contributed by atoms with Crippen molar-refractivity contribution in [3.63, 3.8) is 0 Å². The van der Waals surface area contributed by atoms with E-state index in [9.17, 15) is 4.79 Å². The maximum absolute atomic E-state index is 12.0. The lowest BCUT2D eigenvalue weighted by molar-refractivity contribution is -0.114. The molecule has 2 aromatic rings. The second kappa shape index (κ2) is 8.98. The van der Waals surface area contributed by atoms with Crippen LogP contribution in [0.2, 0.25) is 0 Å². The van der Waals surface area contributed by atoms with Crippen LogP contribution in [0.1, 0.15) is 28.5 Å². The normalized spacial score (nSPS) is 12.0. The Kier molecular flexibility index (Phi) is 6.71. The highest BCUT2D eigenvalue weighted by Gasteiger charge is 2.19. The Bertz CT molecular complexity index is 779. The molecule has 1 N–H and O–H groups in total. The van der Waals surface area contributed by atoms with E-state index < -0.39 is 0 Å². The summed E-state index contributed by atoms with van der Waals surface area (Å²) >= 11 is 1.40. The number of thiophene rings is 1. The minimum Gasteiger partial charge on any atom is -0.398 e. The number of nitrogens with one attached hydrogen (secondary N) is 1. The summed E-state index contributed by atoms with van der Waals surface area (Å²) in [5.41, 5.74) is 4.03. The SMILES string of the molecule is CNC(=O)/C(=N\OC)c1sccc1CON=C(C)c1ccc(C)cc1. The largest absolute Gasteiger partial charge is 0.398 e. The van der Waals surface area contributed by atoms with Crippen molar-refractivity contribution < 1.29 is 14.5 Å². The van der Waals surface area contributed by atoms with Gasteiger partial charge in [0, 0.05) is 12.6 Å². The van der Waals surface area contributed by atoms with Crippen LogP contribution < -0.4 is 5.32 Å². The van der Waals surface area contributed by atoms with Gasteiger partial charge in [0.15, 0.2) is 5.71 Å². The van der Waals surface area contributed by atoms with Crippen molar-refractivity contribution in [2.45, 2.75) is 20.5 Å². The Hall–Kier alpha value is -2.67. The third kappa shape index (κ3) is 4.90. The van der Waals surface area contributed by atoms with E-state index in [0.29, 0.717) is 4.88 Å². The molecule has 1 amide bonds. The fourth-order valence-electron chi connectivity index (χ4n) is 2.10. The minimum atomic E-state index is -0.315. The highest BCUT2D eigenvalue weighted by atomic mass is 32.1. The molecule has 0 fully saturated rings. The summed E-state index contributed by atoms with van der Waals surface area (Å²) in [6, 6.07) is 9.94. The van der Waals surface area contributed by atoms with E-state index in [2.05, 4.69) is 15.6 Å². The van der Waals surface area contributed by atoms with Crippen molar-refractivity contribution >= 4 is 28.7 Å². The molecule has 2 rings (SSSR count). The maximum atomic E-state index is 12.0. The van der Waals surface area contributed by atoms with Gasteiger partial charge in [0.05, 0.1) is 10.6 Å². The monoisotopic (exact) mass is 359 g/mol. The van der Waals surface area contributed by atoms with Gasteiger partial charge < -0.3 is 15.0 Å². The van der Waals surface area contributed by atoms with Crippen LogP contribution in [0.4, 0.5) is 0 Å². The summed E-state index contributed by atoms with van der Waals surface area (Å²) in [4.78, 5) is 22.9. The molecular formula is C18H21N3O3S. The highest BCUT2D eigenvalue weighted by molar-refractivity contribution is 7.13. The summed E-state index contributed by atoms with van der Waals surface area (Å²) in [6.45, 7) is 4.17. The predicted molar refractivity (Wildman–Crippen MR) is 100 cm³/mol. The third-order valence-corrected chi connectivity index (χ3v) is 4.44. The smallest absolute Gasteiger partial charge is 0.274 e. The Labute approximate surface area is 151 Å². The minimum absolute atomic E-state index is 0.220. The molecule has 0 radical (unpaired) electrons. The Morgan fingerprint density at radius 1 is 1.20 bits per heavy atom. The zero-order chi connectivity index (χ0) is 18.2. The number of carbonyl (C=O) groups is 1. The van der Waals surface area contributed by atoms with E-state index in [1.807, 2.05) is 49.6 Å². The van der Waals surface area contributed by atoms with Gasteiger partial charge in [-0.05, 0) is 30.9 Å². The van der Waals surface area contributed by atoms with E-state index in [4.69, 9.17) is 9.68 Å². The summed E-state index contributed by atoms with van der Waals surface area (Å²) in [6.07, 6.45) is 0. The van der Waals surface area contributed by atoms with Gasteiger partial charge in [-0.15, -0.1) is 11.3 Å². The van der Waals surface area contributed by atoms with Crippen LogP contribution in [-0.4, -0.2) is 31.5 Å². The third-order valence-electron chi connectivity index (χ3n) is 3.48. The fourth-order valence-corrected chi connectivity index (χ4v) is 2.99. The number of aryl methyl sites for hydroxylation is 1. The second-order valence-corrected chi connectivity index (χ2v) is 6.21. The average Bonchev–Trinajstić information content (AvgIpc) is 3.07. The molecule has 0 saturated heterocycles. The molecule has 132 valence electrons. The molecule has 6 nitrogen and oxygen atoms in total. The molecule has 0 bridgehead atoms. The predicted octanol–water partition coefficient (Wildman–Crippen LogP) is 3.09. The molecule has 0 aliphatic rings. The molecule has 0 aliphatic carbocycles. The Morgan fingerprint density at radius 2 is 1.92 bits per heavy atom. The standard InChI is InChI=1S/C18H21N3O3S/c1-12-5-7-14(8-6-12)13(2)20-24-11-15-9-10-25-17(15)16(21-23-4)18(22)19-3/h5-10H,11H2,1-4H3,(H,19,22)/b20-13?,21-16-. The van der Waals surface area contributed by atoms with Crippen LogP contribution in [0.3, 0.4) is 0 Å². The number of amides is 1. The molecule has 0 unspecified atom stereocenters. The number of hydrogen-bond acceptors (Lipinski definition) is 6. The Morgan fingerprint density at radius 3 is 2.56 bits per heavy atom. The van der Waals surface area contributed by atoms with Gasteiger partial charge in [-0.25, -0.2) is 0 Å². The van der Waals surface area contributed by atoms with E-state index in [1.54, 1.807) is 7.05 Å². The van der Waals surface area contributed by atoms with E-state index in [0.717, 1.165) is 16.8 Å². The lowest BCUT2D eigenvalue weighted by Crippen LogP contribution is -2.28. The van der Waals surface area contributed by atoms with Crippen LogP contribution in [0.25, 0.3) is 0 Å². The lowest BCUT2D eigenvalue weighted by atomic mass is 10.1. The highest BCUT2D eigenvalue weighted by Crippen LogP contribution is 2.20. The number of benzene rings is 1. The van der Waals surface area contributed by atoms with Crippen LogP contribution in [-0.2, 0) is 21.1 Å². The van der Waals surface area contributed by atoms with Gasteiger partial charge in [0.2, 0.25) is 0 Å². The molecule has 1 heterocycles. The van der Waals surface area contributed by atoms with Crippen molar-refractivity contribution in [3.8, 4) is 0 Å². The van der Waals surface area contributed by atoms with E-state index >= 15 is 0 Å². The molecule has 0 saturated carbocycles. The van der Waals surface area contributed by atoms with Gasteiger partial charge in [-0.2, -0.15) is 0 Å². The van der Waals surface area contributed by atoms with Gasteiger partial charge in [0.1, 0.15) is 13.7 Å². The van der Waals surface area contributed by atoms with Crippen LogP contribution >= 0.6 is 11.3 Å². The van der Waals surface area contributed by atoms with Gasteiger partial charge in [-0.1, -0.05) is 40.1 Å². The van der Waals surface area contributed by atoms with Crippen molar-refractivity contribution in [1.82, 2.24) is 5.32 Å². The average molecular weight is 359 g/mol. The topological polar surface area (TPSA) is 72.3 Å². The molecular weight excluding hydrogens is 338 g/mol. The van der Waals surface area contributed by atoms with Crippen molar-refractivity contribution in [3.05, 3.63) is 57.3 Å². The van der Waals surface area contributed by atoms with Crippen molar-refractivity contribution in [1.29, 1.82) is 0 Å². The van der Waals surface area contributed by atoms with Crippen molar-refractivity contribution in [2.75, 3.05) is 14.2 Å².